The molecule has 0 spiro atoms. The van der Waals surface area contributed by atoms with Crippen LogP contribution in [0.15, 0.2) is 59.6 Å². The van der Waals surface area contributed by atoms with E-state index in [0.29, 0.717) is 25.0 Å². The largest absolute Gasteiger partial charge is 0.480 e. The Bertz CT molecular complexity index is 1260. The first-order chi connectivity index (χ1) is 20.1. The summed E-state index contributed by atoms with van der Waals surface area (Å²) >= 11 is 1.64. The zero-order chi connectivity index (χ0) is 28.4. The van der Waals surface area contributed by atoms with Gasteiger partial charge in [-0.3, -0.25) is 4.68 Å². The van der Waals surface area contributed by atoms with Crippen molar-refractivity contribution in [3.63, 3.8) is 0 Å². The zero-order valence-electron chi connectivity index (χ0n) is 23.4. The summed E-state index contributed by atoms with van der Waals surface area (Å²) in [5.41, 5.74) is 3.81. The molecule has 2 fully saturated rings. The molecule has 1 saturated carbocycles. The number of carboxylic acids is 1. The highest BCUT2D eigenvalue weighted by Gasteiger charge is 2.27. The molecule has 2 aliphatic rings. The van der Waals surface area contributed by atoms with Crippen molar-refractivity contribution in [1.82, 2.24) is 9.78 Å². The Labute approximate surface area is 245 Å². The van der Waals surface area contributed by atoms with E-state index in [0.717, 1.165) is 91.3 Å². The molecule has 1 aliphatic heterocycles. The van der Waals surface area contributed by atoms with Gasteiger partial charge in [0.1, 0.15) is 17.5 Å². The van der Waals surface area contributed by atoms with Crippen LogP contribution in [0.25, 0.3) is 22.4 Å². The van der Waals surface area contributed by atoms with Gasteiger partial charge in [-0.2, -0.15) is 5.10 Å². The number of aliphatic carboxylic acids is 1. The second-order valence-electron chi connectivity index (χ2n) is 10.9. The van der Waals surface area contributed by atoms with Crippen molar-refractivity contribution >= 4 is 17.7 Å². The van der Waals surface area contributed by atoms with Gasteiger partial charge < -0.3 is 19.3 Å². The van der Waals surface area contributed by atoms with Crippen molar-refractivity contribution in [1.29, 1.82) is 0 Å². The van der Waals surface area contributed by atoms with Crippen LogP contribution in [0.3, 0.4) is 0 Å². The maximum atomic E-state index is 14.5. The van der Waals surface area contributed by atoms with E-state index in [2.05, 4.69) is 16.8 Å². The van der Waals surface area contributed by atoms with Crippen molar-refractivity contribution in [2.45, 2.75) is 62.8 Å². The SMILES string of the molecule is O=C(O)COC[C@H]1CC[C@H](Cn2nc(SCCOC3CCCCO3)c(-c3cccc(F)c3)c2-c2ccccc2)CC1. The Hall–Kier alpha value is -2.72. The minimum atomic E-state index is -0.928. The molecule has 41 heavy (non-hydrogen) atoms. The predicted octanol–water partition coefficient (Wildman–Crippen LogP) is 6.90. The van der Waals surface area contributed by atoms with E-state index < -0.39 is 5.97 Å². The van der Waals surface area contributed by atoms with Crippen molar-refractivity contribution in [3.05, 3.63) is 60.4 Å². The van der Waals surface area contributed by atoms with Crippen molar-refractivity contribution in [3.8, 4) is 22.4 Å². The number of rotatable bonds is 13. The minimum Gasteiger partial charge on any atom is -0.480 e. The fourth-order valence-electron chi connectivity index (χ4n) is 5.77. The van der Waals surface area contributed by atoms with Gasteiger partial charge in [0, 0.05) is 30.0 Å². The van der Waals surface area contributed by atoms with Crippen LogP contribution in [-0.2, 0) is 25.5 Å². The topological polar surface area (TPSA) is 82.8 Å². The van der Waals surface area contributed by atoms with Crippen molar-refractivity contribution in [2.75, 3.05) is 32.2 Å². The number of halogens is 1. The third-order valence-electron chi connectivity index (χ3n) is 7.82. The number of thioether (sulfide) groups is 1. The molecular weight excluding hydrogens is 543 g/mol. The first kappa shape index (κ1) is 29.8. The van der Waals surface area contributed by atoms with Crippen molar-refractivity contribution < 1.29 is 28.5 Å². The number of hydrogen-bond acceptors (Lipinski definition) is 6. The predicted molar refractivity (Wildman–Crippen MR) is 157 cm³/mol. The lowest BCUT2D eigenvalue weighted by Crippen LogP contribution is -2.23. The third-order valence-corrected chi connectivity index (χ3v) is 8.75. The highest BCUT2D eigenvalue weighted by atomic mass is 32.2. The second kappa shape index (κ2) is 15.0. The smallest absolute Gasteiger partial charge is 0.329 e. The van der Waals surface area contributed by atoms with E-state index in [9.17, 15) is 9.18 Å². The Balaban J connectivity index is 1.36. The summed E-state index contributed by atoms with van der Waals surface area (Å²) in [6.45, 7) is 2.33. The molecule has 1 N–H and O–H groups in total. The fraction of sp³-hybridized carbons (Fsp3) is 0.500. The van der Waals surface area contributed by atoms with E-state index in [4.69, 9.17) is 24.4 Å². The van der Waals surface area contributed by atoms with Crippen LogP contribution < -0.4 is 0 Å². The van der Waals surface area contributed by atoms with Crippen LogP contribution in [0.4, 0.5) is 4.39 Å². The highest BCUT2D eigenvalue weighted by Crippen LogP contribution is 2.41. The first-order valence-electron chi connectivity index (χ1n) is 14.6. The normalized spacial score (nSPS) is 21.1. The van der Waals surface area contributed by atoms with Crippen LogP contribution in [0.2, 0.25) is 0 Å². The lowest BCUT2D eigenvalue weighted by molar-refractivity contribution is -0.158. The summed E-state index contributed by atoms with van der Waals surface area (Å²) in [5, 5.41) is 14.9. The van der Waals surface area contributed by atoms with Crippen LogP contribution >= 0.6 is 11.8 Å². The molecule has 1 saturated heterocycles. The molecule has 9 heteroatoms. The fourth-order valence-corrected chi connectivity index (χ4v) is 6.65. The van der Waals surface area contributed by atoms with Crippen LogP contribution in [-0.4, -0.2) is 59.3 Å². The van der Waals surface area contributed by atoms with E-state index in [1.807, 2.05) is 24.3 Å². The maximum absolute atomic E-state index is 14.5. The lowest BCUT2D eigenvalue weighted by atomic mass is 9.82. The minimum absolute atomic E-state index is 0.130. The van der Waals surface area contributed by atoms with Crippen LogP contribution in [0.5, 0.6) is 0 Å². The molecule has 3 aromatic rings. The molecule has 0 radical (unpaired) electrons. The molecule has 2 heterocycles. The number of carboxylic acid groups (broad SMARTS) is 1. The van der Waals surface area contributed by atoms with Gasteiger partial charge in [-0.1, -0.05) is 42.5 Å². The number of carbonyl (C=O) groups is 1. The van der Waals surface area contributed by atoms with Gasteiger partial charge in [0.05, 0.1) is 18.9 Å². The summed E-state index contributed by atoms with van der Waals surface area (Å²) in [6.07, 6.45) is 7.09. The Morgan fingerprint density at radius 1 is 1.02 bits per heavy atom. The molecular formula is C32H39FN2O5S. The number of ether oxygens (including phenoxy) is 3. The summed E-state index contributed by atoms with van der Waals surface area (Å²) < 4.78 is 33.6. The summed E-state index contributed by atoms with van der Waals surface area (Å²) in [5.74, 6) is 0.348. The molecule has 1 unspecified atom stereocenters. The quantitative estimate of drug-likeness (QED) is 0.173. The van der Waals surface area contributed by atoms with E-state index in [1.54, 1.807) is 23.9 Å². The molecule has 1 aromatic heterocycles. The average molecular weight is 583 g/mol. The van der Waals surface area contributed by atoms with Gasteiger partial charge in [-0.25, -0.2) is 9.18 Å². The van der Waals surface area contributed by atoms with Crippen LogP contribution in [0, 0.1) is 17.7 Å². The summed E-state index contributed by atoms with van der Waals surface area (Å²) in [4.78, 5) is 10.8. The van der Waals surface area contributed by atoms with Gasteiger partial charge in [-0.15, -0.1) is 11.8 Å². The molecule has 5 rings (SSSR count). The highest BCUT2D eigenvalue weighted by molar-refractivity contribution is 7.99. The van der Waals surface area contributed by atoms with Gasteiger partial charge in [0.15, 0.2) is 6.29 Å². The molecule has 0 amide bonds. The molecule has 1 atom stereocenters. The van der Waals surface area contributed by atoms with Gasteiger partial charge in [-0.05, 0) is 74.5 Å². The van der Waals surface area contributed by atoms with Gasteiger partial charge in [0.25, 0.3) is 0 Å². The lowest BCUT2D eigenvalue weighted by Gasteiger charge is -2.28. The van der Waals surface area contributed by atoms with E-state index in [1.165, 1.54) is 6.07 Å². The number of aromatic nitrogens is 2. The third kappa shape index (κ3) is 8.41. The Morgan fingerprint density at radius 2 is 1.80 bits per heavy atom. The average Bonchev–Trinajstić information content (AvgIpc) is 3.35. The van der Waals surface area contributed by atoms with Crippen molar-refractivity contribution in [2.24, 2.45) is 11.8 Å². The molecule has 1 aliphatic carbocycles. The summed E-state index contributed by atoms with van der Waals surface area (Å²) in [6, 6.07) is 17.0. The number of benzene rings is 2. The summed E-state index contributed by atoms with van der Waals surface area (Å²) in [7, 11) is 0. The monoisotopic (exact) mass is 582 g/mol. The van der Waals surface area contributed by atoms with E-state index >= 15 is 0 Å². The molecule has 2 aromatic carbocycles. The Kier molecular flexibility index (Phi) is 10.9. The van der Waals surface area contributed by atoms with Gasteiger partial charge >= 0.3 is 5.97 Å². The first-order valence-corrected chi connectivity index (χ1v) is 15.6. The molecule has 7 nitrogen and oxygen atoms in total. The number of hydrogen-bond donors (Lipinski definition) is 1. The van der Waals surface area contributed by atoms with E-state index in [-0.39, 0.29) is 18.7 Å². The number of nitrogens with zero attached hydrogens (tertiary/aromatic N) is 2. The van der Waals surface area contributed by atoms with Gasteiger partial charge in [0.2, 0.25) is 0 Å². The van der Waals surface area contributed by atoms with Crippen LogP contribution in [0.1, 0.15) is 44.9 Å². The maximum Gasteiger partial charge on any atom is 0.329 e. The standard InChI is InChI=1S/C32H39FN2O5S/c33-27-10-6-9-26(19-27)30-31(25-7-2-1-3-8-25)35(20-23-12-14-24(15-13-23)21-38-22-28(36)37)34-32(30)41-18-17-40-29-11-4-5-16-39-29/h1-3,6-10,19,23-24,29H,4-5,11-18,20-22H2,(H,36,37)/t23-,24-,29?. The molecule has 220 valence electrons. The zero-order valence-corrected chi connectivity index (χ0v) is 24.2. The second-order valence-corrected chi connectivity index (χ2v) is 12.0. The molecule has 0 bridgehead atoms. The Morgan fingerprint density at radius 3 is 2.54 bits per heavy atom.